The van der Waals surface area contributed by atoms with Gasteiger partial charge in [0, 0.05) is 24.9 Å². The highest BCUT2D eigenvalue weighted by Gasteiger charge is 2.12. The summed E-state index contributed by atoms with van der Waals surface area (Å²) in [5.41, 5.74) is 1.34. The van der Waals surface area contributed by atoms with Crippen LogP contribution in [-0.2, 0) is 16.0 Å². The number of anilines is 2. The van der Waals surface area contributed by atoms with E-state index >= 15 is 0 Å². The molecule has 150 valence electrons. The molecule has 0 fully saturated rings. The Morgan fingerprint density at radius 1 is 1.03 bits per heavy atom. The first-order valence-corrected chi connectivity index (χ1v) is 9.57. The molecular formula is C22H20ClFN2O3. The summed E-state index contributed by atoms with van der Waals surface area (Å²) in [6.07, 6.45) is 0.860. The molecule has 1 heterocycles. The first kappa shape index (κ1) is 20.6. The summed E-state index contributed by atoms with van der Waals surface area (Å²) in [7, 11) is 0. The summed E-state index contributed by atoms with van der Waals surface area (Å²) >= 11 is 6.13. The number of aryl methyl sites for hydroxylation is 1. The quantitative estimate of drug-likeness (QED) is 0.524. The third kappa shape index (κ3) is 5.45. The van der Waals surface area contributed by atoms with Gasteiger partial charge in [-0.1, -0.05) is 30.7 Å². The number of halogens is 2. The number of benzene rings is 2. The molecule has 2 amide bonds. The summed E-state index contributed by atoms with van der Waals surface area (Å²) in [6.45, 7) is 1.75. The van der Waals surface area contributed by atoms with Crippen molar-refractivity contribution in [3.63, 3.8) is 0 Å². The highest BCUT2D eigenvalue weighted by molar-refractivity contribution is 6.33. The minimum Gasteiger partial charge on any atom is -0.461 e. The molecule has 0 aliphatic rings. The van der Waals surface area contributed by atoms with Gasteiger partial charge in [-0.05, 0) is 42.5 Å². The van der Waals surface area contributed by atoms with E-state index in [2.05, 4.69) is 10.6 Å². The number of amides is 2. The fourth-order valence-corrected chi connectivity index (χ4v) is 2.88. The summed E-state index contributed by atoms with van der Waals surface area (Å²) in [5, 5.41) is 5.82. The molecule has 3 aromatic rings. The second kappa shape index (κ2) is 9.39. The minimum atomic E-state index is -0.365. The molecule has 2 N–H and O–H groups in total. The zero-order valence-electron chi connectivity index (χ0n) is 15.8. The summed E-state index contributed by atoms with van der Waals surface area (Å²) < 4.78 is 19.5. The molecule has 0 aliphatic heterocycles. The maximum Gasteiger partial charge on any atom is 0.224 e. The third-order valence-corrected chi connectivity index (χ3v) is 4.57. The van der Waals surface area contributed by atoms with Crippen LogP contribution in [0.2, 0.25) is 5.02 Å². The van der Waals surface area contributed by atoms with Crippen molar-refractivity contribution >= 4 is 34.8 Å². The Morgan fingerprint density at radius 2 is 1.83 bits per heavy atom. The molecule has 0 unspecified atom stereocenters. The maximum absolute atomic E-state index is 13.9. The molecule has 0 saturated heterocycles. The smallest absolute Gasteiger partial charge is 0.224 e. The first-order chi connectivity index (χ1) is 14.0. The van der Waals surface area contributed by atoms with Gasteiger partial charge in [-0.15, -0.1) is 0 Å². The normalized spacial score (nSPS) is 10.6. The van der Waals surface area contributed by atoms with Crippen LogP contribution in [0.25, 0.3) is 11.3 Å². The largest absolute Gasteiger partial charge is 0.461 e. The van der Waals surface area contributed by atoms with Crippen LogP contribution in [0, 0.1) is 5.82 Å². The Hall–Kier alpha value is -3.12. The Kier molecular flexibility index (Phi) is 6.67. The van der Waals surface area contributed by atoms with E-state index in [1.54, 1.807) is 55.5 Å². The van der Waals surface area contributed by atoms with Crippen LogP contribution in [0.3, 0.4) is 0 Å². The number of furan rings is 1. The molecule has 0 aliphatic carbocycles. The van der Waals surface area contributed by atoms with Crippen molar-refractivity contribution in [3.05, 3.63) is 71.2 Å². The Morgan fingerprint density at radius 3 is 2.59 bits per heavy atom. The third-order valence-electron chi connectivity index (χ3n) is 4.24. The molecule has 0 bridgehead atoms. The summed E-state index contributed by atoms with van der Waals surface area (Å²) in [6, 6.07) is 14.6. The lowest BCUT2D eigenvalue weighted by molar-refractivity contribution is -0.116. The molecule has 29 heavy (non-hydrogen) atoms. The van der Waals surface area contributed by atoms with Gasteiger partial charge < -0.3 is 15.1 Å². The van der Waals surface area contributed by atoms with E-state index in [0.717, 1.165) is 0 Å². The molecule has 5 nitrogen and oxygen atoms in total. The lowest BCUT2D eigenvalue weighted by Gasteiger charge is -2.10. The number of nitrogens with one attached hydrogen (secondary N) is 2. The monoisotopic (exact) mass is 414 g/mol. The summed E-state index contributed by atoms with van der Waals surface area (Å²) in [4.78, 5) is 23.8. The molecule has 0 saturated carbocycles. The van der Waals surface area contributed by atoms with Crippen molar-refractivity contribution in [1.82, 2.24) is 0 Å². The van der Waals surface area contributed by atoms with Gasteiger partial charge >= 0.3 is 0 Å². The fourth-order valence-electron chi connectivity index (χ4n) is 2.72. The average Bonchev–Trinajstić information content (AvgIpc) is 3.18. The number of carbonyl (C=O) groups excluding carboxylic acids is 2. The van der Waals surface area contributed by atoms with Crippen LogP contribution < -0.4 is 10.6 Å². The molecule has 0 radical (unpaired) electrons. The van der Waals surface area contributed by atoms with Crippen molar-refractivity contribution in [2.24, 2.45) is 0 Å². The highest BCUT2D eigenvalue weighted by Crippen LogP contribution is 2.27. The van der Waals surface area contributed by atoms with E-state index in [1.165, 1.54) is 6.07 Å². The van der Waals surface area contributed by atoms with Gasteiger partial charge in [0.2, 0.25) is 11.8 Å². The fraction of sp³-hybridized carbons (Fsp3) is 0.182. The molecule has 0 atom stereocenters. The van der Waals surface area contributed by atoms with E-state index in [1.807, 2.05) is 0 Å². The maximum atomic E-state index is 13.9. The molecular weight excluding hydrogens is 395 g/mol. The van der Waals surface area contributed by atoms with Crippen LogP contribution in [0.1, 0.15) is 25.5 Å². The van der Waals surface area contributed by atoms with Gasteiger partial charge in [-0.2, -0.15) is 0 Å². The van der Waals surface area contributed by atoms with Crippen LogP contribution in [0.5, 0.6) is 0 Å². The zero-order chi connectivity index (χ0) is 20.8. The van der Waals surface area contributed by atoms with Crippen LogP contribution in [0.15, 0.2) is 59.0 Å². The number of rotatable bonds is 7. The number of carbonyl (C=O) groups is 2. The Labute approximate surface area is 172 Å². The predicted molar refractivity (Wildman–Crippen MR) is 111 cm³/mol. The van der Waals surface area contributed by atoms with Crippen LogP contribution >= 0.6 is 11.6 Å². The van der Waals surface area contributed by atoms with E-state index in [9.17, 15) is 14.0 Å². The van der Waals surface area contributed by atoms with Gasteiger partial charge in [-0.25, -0.2) is 4.39 Å². The van der Waals surface area contributed by atoms with Crippen LogP contribution in [0.4, 0.5) is 15.8 Å². The number of hydrogen-bond donors (Lipinski definition) is 2. The lowest BCUT2D eigenvalue weighted by Crippen LogP contribution is -2.14. The SMILES string of the molecule is CCC(=O)Nc1ccc(Cl)c(NC(=O)CCc2ccc(-c3ccccc3F)o2)c1. The van der Waals surface area contributed by atoms with E-state index in [-0.39, 0.29) is 24.1 Å². The van der Waals surface area contributed by atoms with Gasteiger partial charge in [0.1, 0.15) is 17.3 Å². The molecule has 1 aromatic heterocycles. The van der Waals surface area contributed by atoms with Crippen molar-refractivity contribution in [1.29, 1.82) is 0 Å². The van der Waals surface area contributed by atoms with Crippen molar-refractivity contribution in [2.45, 2.75) is 26.2 Å². The lowest BCUT2D eigenvalue weighted by atomic mass is 10.1. The van der Waals surface area contributed by atoms with Crippen molar-refractivity contribution < 1.29 is 18.4 Å². The zero-order valence-corrected chi connectivity index (χ0v) is 16.6. The van der Waals surface area contributed by atoms with Crippen molar-refractivity contribution in [2.75, 3.05) is 10.6 Å². The van der Waals surface area contributed by atoms with E-state index in [4.69, 9.17) is 16.0 Å². The van der Waals surface area contributed by atoms with Crippen molar-refractivity contribution in [3.8, 4) is 11.3 Å². The summed E-state index contributed by atoms with van der Waals surface area (Å²) in [5.74, 6) is 0.244. The molecule has 0 spiro atoms. The second-order valence-electron chi connectivity index (χ2n) is 6.39. The minimum absolute atomic E-state index is 0.131. The van der Waals surface area contributed by atoms with Gasteiger partial charge in [0.15, 0.2) is 0 Å². The van der Waals surface area contributed by atoms with Gasteiger partial charge in [0.25, 0.3) is 0 Å². The second-order valence-corrected chi connectivity index (χ2v) is 6.80. The van der Waals surface area contributed by atoms with Gasteiger partial charge in [0.05, 0.1) is 16.3 Å². The molecule has 7 heteroatoms. The topological polar surface area (TPSA) is 71.3 Å². The first-order valence-electron chi connectivity index (χ1n) is 9.19. The van der Waals surface area contributed by atoms with E-state index in [0.29, 0.717) is 46.3 Å². The van der Waals surface area contributed by atoms with Crippen LogP contribution in [-0.4, -0.2) is 11.8 Å². The number of hydrogen-bond acceptors (Lipinski definition) is 3. The van der Waals surface area contributed by atoms with E-state index < -0.39 is 0 Å². The molecule has 2 aromatic carbocycles. The highest BCUT2D eigenvalue weighted by atomic mass is 35.5. The predicted octanol–water partition coefficient (Wildman–Crippen LogP) is 5.66. The standard InChI is InChI=1S/C22H20ClFN2O3/c1-2-21(27)25-14-7-10-17(23)19(13-14)26-22(28)12-9-15-8-11-20(29-15)16-5-3-4-6-18(16)24/h3-8,10-11,13H,2,9,12H2,1H3,(H,25,27)(H,26,28). The Bertz CT molecular complexity index is 1030. The van der Waals surface area contributed by atoms with Gasteiger partial charge in [-0.3, -0.25) is 9.59 Å². The molecule has 3 rings (SSSR count). The average molecular weight is 415 g/mol. The Balaban J connectivity index is 1.60.